The fourth-order valence-corrected chi connectivity index (χ4v) is 1.53. The van der Waals surface area contributed by atoms with Crippen LogP contribution in [-0.4, -0.2) is 11.7 Å². The summed E-state index contributed by atoms with van der Waals surface area (Å²) in [5.41, 5.74) is 3.61. The molecule has 1 unspecified atom stereocenters. The highest BCUT2D eigenvalue weighted by molar-refractivity contribution is 5.28. The molecular formula is C13H18O. The smallest absolute Gasteiger partial charge is 0.0639 e. The average Bonchev–Trinajstić information content (AvgIpc) is 2.17. The highest BCUT2D eigenvalue weighted by Gasteiger charge is 2.02. The van der Waals surface area contributed by atoms with E-state index in [0.29, 0.717) is 5.92 Å². The zero-order valence-corrected chi connectivity index (χ0v) is 9.12. The third-order valence-corrected chi connectivity index (χ3v) is 2.35. The summed E-state index contributed by atoms with van der Waals surface area (Å²) in [4.78, 5) is 0. The zero-order valence-electron chi connectivity index (χ0n) is 9.12. The molecule has 1 nitrogen and oxygen atoms in total. The lowest BCUT2D eigenvalue weighted by atomic mass is 9.97. The van der Waals surface area contributed by atoms with Crippen LogP contribution in [0, 0.1) is 6.92 Å². The van der Waals surface area contributed by atoms with Crippen LogP contribution in [0.25, 0.3) is 0 Å². The van der Waals surface area contributed by atoms with E-state index in [-0.39, 0.29) is 6.61 Å². The third kappa shape index (κ3) is 3.00. The van der Waals surface area contributed by atoms with Crippen molar-refractivity contribution in [2.24, 2.45) is 0 Å². The number of aryl methyl sites for hydroxylation is 1. The molecule has 0 aliphatic rings. The van der Waals surface area contributed by atoms with Gasteiger partial charge in [0.15, 0.2) is 0 Å². The largest absolute Gasteiger partial charge is 0.392 e. The van der Waals surface area contributed by atoms with Gasteiger partial charge in [0.25, 0.3) is 0 Å². The number of allylic oxidation sites excluding steroid dienone is 1. The van der Waals surface area contributed by atoms with Gasteiger partial charge in [-0.25, -0.2) is 0 Å². The van der Waals surface area contributed by atoms with Gasteiger partial charge in [-0.2, -0.15) is 0 Å². The van der Waals surface area contributed by atoms with E-state index in [1.165, 1.54) is 11.1 Å². The molecule has 0 aliphatic heterocycles. The van der Waals surface area contributed by atoms with Gasteiger partial charge in [-0.05, 0) is 25.3 Å². The van der Waals surface area contributed by atoms with Gasteiger partial charge >= 0.3 is 0 Å². The molecule has 14 heavy (non-hydrogen) atoms. The fourth-order valence-electron chi connectivity index (χ4n) is 1.53. The van der Waals surface area contributed by atoms with Crippen molar-refractivity contribution in [2.75, 3.05) is 6.61 Å². The Morgan fingerprint density at radius 2 is 2.21 bits per heavy atom. The monoisotopic (exact) mass is 190 g/mol. The molecule has 1 rings (SSSR count). The molecule has 76 valence electrons. The second-order valence-corrected chi connectivity index (χ2v) is 3.87. The van der Waals surface area contributed by atoms with E-state index in [0.717, 1.165) is 5.57 Å². The fraction of sp³-hybridized carbons (Fsp3) is 0.385. The summed E-state index contributed by atoms with van der Waals surface area (Å²) in [6, 6.07) is 8.48. The molecule has 1 atom stereocenters. The maximum Gasteiger partial charge on any atom is 0.0639 e. The second kappa shape index (κ2) is 4.97. The Kier molecular flexibility index (Phi) is 3.90. The third-order valence-electron chi connectivity index (χ3n) is 2.35. The SMILES string of the molecule is C/C(=C\C(C)c1cccc(C)c1)CO. The maximum atomic E-state index is 8.92. The number of hydrogen-bond donors (Lipinski definition) is 1. The quantitative estimate of drug-likeness (QED) is 0.726. The first kappa shape index (κ1) is 11.0. The van der Waals surface area contributed by atoms with E-state index in [2.05, 4.69) is 44.2 Å². The summed E-state index contributed by atoms with van der Waals surface area (Å²) >= 11 is 0. The molecule has 0 spiro atoms. The van der Waals surface area contributed by atoms with Crippen LogP contribution in [0.2, 0.25) is 0 Å². The van der Waals surface area contributed by atoms with Crippen LogP contribution in [0.15, 0.2) is 35.9 Å². The van der Waals surface area contributed by atoms with Gasteiger partial charge in [0.2, 0.25) is 0 Å². The van der Waals surface area contributed by atoms with Crippen molar-refractivity contribution < 1.29 is 5.11 Å². The summed E-state index contributed by atoms with van der Waals surface area (Å²) < 4.78 is 0. The summed E-state index contributed by atoms with van der Waals surface area (Å²) in [5, 5.41) is 8.92. The Labute approximate surface area is 86.1 Å². The highest BCUT2D eigenvalue weighted by atomic mass is 16.3. The number of aliphatic hydroxyl groups is 1. The number of rotatable bonds is 3. The predicted molar refractivity (Wildman–Crippen MR) is 60.4 cm³/mol. The van der Waals surface area contributed by atoms with Crippen molar-refractivity contribution in [3.8, 4) is 0 Å². The molecule has 0 heterocycles. The minimum Gasteiger partial charge on any atom is -0.392 e. The van der Waals surface area contributed by atoms with Crippen LogP contribution in [-0.2, 0) is 0 Å². The summed E-state index contributed by atoms with van der Waals surface area (Å²) in [7, 11) is 0. The topological polar surface area (TPSA) is 20.2 Å². The molecule has 0 amide bonds. The molecule has 0 aromatic heterocycles. The lowest BCUT2D eigenvalue weighted by Gasteiger charge is -2.08. The Morgan fingerprint density at radius 3 is 2.79 bits per heavy atom. The summed E-state index contributed by atoms with van der Waals surface area (Å²) in [6.45, 7) is 6.34. The van der Waals surface area contributed by atoms with Gasteiger partial charge in [-0.3, -0.25) is 0 Å². The molecule has 1 heteroatoms. The van der Waals surface area contributed by atoms with E-state index in [9.17, 15) is 0 Å². The van der Waals surface area contributed by atoms with Crippen LogP contribution < -0.4 is 0 Å². The number of aliphatic hydroxyl groups excluding tert-OH is 1. The first-order valence-corrected chi connectivity index (χ1v) is 4.98. The standard InChI is InChI=1S/C13H18O/c1-10-5-4-6-13(8-10)12(3)7-11(2)9-14/h4-8,12,14H,9H2,1-3H3/b11-7+. The van der Waals surface area contributed by atoms with E-state index < -0.39 is 0 Å². The minimum absolute atomic E-state index is 0.149. The van der Waals surface area contributed by atoms with Crippen LogP contribution in [0.5, 0.6) is 0 Å². The maximum absolute atomic E-state index is 8.92. The van der Waals surface area contributed by atoms with Crippen LogP contribution in [0.4, 0.5) is 0 Å². The van der Waals surface area contributed by atoms with Gasteiger partial charge in [-0.1, -0.05) is 48.4 Å². The molecular weight excluding hydrogens is 172 g/mol. The normalized spacial score (nSPS) is 14.1. The molecule has 1 aromatic rings. The van der Waals surface area contributed by atoms with Crippen LogP contribution in [0.3, 0.4) is 0 Å². The number of benzene rings is 1. The zero-order chi connectivity index (χ0) is 10.6. The Hall–Kier alpha value is -1.08. The molecule has 0 saturated carbocycles. The Bertz CT molecular complexity index is 326. The lowest BCUT2D eigenvalue weighted by molar-refractivity contribution is 0.330. The van der Waals surface area contributed by atoms with Crippen molar-refractivity contribution in [3.05, 3.63) is 47.0 Å². The van der Waals surface area contributed by atoms with Gasteiger partial charge in [-0.15, -0.1) is 0 Å². The molecule has 0 bridgehead atoms. The lowest BCUT2D eigenvalue weighted by Crippen LogP contribution is -1.93. The van der Waals surface area contributed by atoms with Crippen molar-refractivity contribution in [1.29, 1.82) is 0 Å². The van der Waals surface area contributed by atoms with E-state index in [1.807, 2.05) is 6.92 Å². The van der Waals surface area contributed by atoms with Crippen LogP contribution >= 0.6 is 0 Å². The van der Waals surface area contributed by atoms with Gasteiger partial charge in [0.1, 0.15) is 0 Å². The minimum atomic E-state index is 0.149. The van der Waals surface area contributed by atoms with Crippen molar-refractivity contribution in [3.63, 3.8) is 0 Å². The van der Waals surface area contributed by atoms with E-state index >= 15 is 0 Å². The van der Waals surface area contributed by atoms with E-state index in [1.54, 1.807) is 0 Å². The van der Waals surface area contributed by atoms with Gasteiger partial charge in [0, 0.05) is 0 Å². The van der Waals surface area contributed by atoms with Crippen molar-refractivity contribution in [2.45, 2.75) is 26.7 Å². The molecule has 0 aliphatic carbocycles. The first-order valence-electron chi connectivity index (χ1n) is 4.98. The first-order chi connectivity index (χ1) is 6.63. The molecule has 0 saturated heterocycles. The average molecular weight is 190 g/mol. The van der Waals surface area contributed by atoms with Crippen LogP contribution in [0.1, 0.15) is 30.9 Å². The van der Waals surface area contributed by atoms with Gasteiger partial charge in [0.05, 0.1) is 6.61 Å². The van der Waals surface area contributed by atoms with E-state index in [4.69, 9.17) is 5.11 Å². The Balaban J connectivity index is 2.84. The molecule has 1 aromatic carbocycles. The molecule has 1 N–H and O–H groups in total. The second-order valence-electron chi connectivity index (χ2n) is 3.87. The predicted octanol–water partition coefficient (Wildman–Crippen LogP) is 3.04. The van der Waals surface area contributed by atoms with Crippen molar-refractivity contribution in [1.82, 2.24) is 0 Å². The Morgan fingerprint density at radius 1 is 1.50 bits per heavy atom. The number of hydrogen-bond acceptors (Lipinski definition) is 1. The molecule has 0 fully saturated rings. The summed E-state index contributed by atoms with van der Waals surface area (Å²) in [5.74, 6) is 0.377. The summed E-state index contributed by atoms with van der Waals surface area (Å²) in [6.07, 6.45) is 2.11. The highest BCUT2D eigenvalue weighted by Crippen LogP contribution is 2.18. The molecule has 0 radical (unpaired) electrons. The van der Waals surface area contributed by atoms with Gasteiger partial charge < -0.3 is 5.11 Å². The van der Waals surface area contributed by atoms with Crippen molar-refractivity contribution >= 4 is 0 Å².